The van der Waals surface area contributed by atoms with E-state index in [-0.39, 0.29) is 17.6 Å². The lowest BCUT2D eigenvalue weighted by Gasteiger charge is -2.64. The van der Waals surface area contributed by atoms with Crippen molar-refractivity contribution in [3.8, 4) is 0 Å². The van der Waals surface area contributed by atoms with E-state index in [1.807, 2.05) is 0 Å². The van der Waals surface area contributed by atoms with Crippen LogP contribution in [0.2, 0.25) is 0 Å². The predicted molar refractivity (Wildman–Crippen MR) is 116 cm³/mol. The van der Waals surface area contributed by atoms with E-state index in [0.717, 1.165) is 44.4 Å². The van der Waals surface area contributed by atoms with Crippen molar-refractivity contribution in [2.24, 2.45) is 46.3 Å². The van der Waals surface area contributed by atoms with E-state index in [9.17, 15) is 15.0 Å². The number of hydrogen-bond acceptors (Lipinski definition) is 3. The summed E-state index contributed by atoms with van der Waals surface area (Å²) in [5.41, 5.74) is 0.631. The summed E-state index contributed by atoms with van der Waals surface area (Å²) in [6.45, 7) is 8.99. The maximum atomic E-state index is 11.7. The Morgan fingerprint density at radius 2 is 1.66 bits per heavy atom. The second kappa shape index (κ2) is 7.93. The van der Waals surface area contributed by atoms with Crippen LogP contribution in [-0.2, 0) is 4.79 Å². The molecule has 3 heteroatoms. The minimum atomic E-state index is -0.200. The van der Waals surface area contributed by atoms with Crippen LogP contribution in [0, 0.1) is 46.3 Å². The van der Waals surface area contributed by atoms with Crippen LogP contribution in [0.25, 0.3) is 0 Å². The van der Waals surface area contributed by atoms with Gasteiger partial charge in [-0.15, -0.1) is 0 Å². The van der Waals surface area contributed by atoms with Crippen molar-refractivity contribution in [1.29, 1.82) is 0 Å². The van der Waals surface area contributed by atoms with Crippen LogP contribution < -0.4 is 0 Å². The van der Waals surface area contributed by atoms with Crippen LogP contribution in [0.15, 0.2) is 0 Å². The van der Waals surface area contributed by atoms with Crippen LogP contribution in [-0.4, -0.2) is 28.2 Å². The molecule has 0 spiro atoms. The Labute approximate surface area is 178 Å². The Balaban J connectivity index is 1.59. The number of rotatable bonds is 5. The molecule has 4 saturated carbocycles. The largest absolute Gasteiger partial charge is 0.393 e. The Kier molecular flexibility index (Phi) is 5.97. The van der Waals surface area contributed by atoms with Crippen molar-refractivity contribution in [3.63, 3.8) is 0 Å². The van der Waals surface area contributed by atoms with E-state index in [0.29, 0.717) is 40.8 Å². The summed E-state index contributed by atoms with van der Waals surface area (Å²) in [5, 5.41) is 22.1. The van der Waals surface area contributed by atoms with Crippen molar-refractivity contribution >= 4 is 5.78 Å². The minimum absolute atomic E-state index is 0.170. The van der Waals surface area contributed by atoms with Crippen molar-refractivity contribution < 1.29 is 15.0 Å². The number of ketones is 1. The van der Waals surface area contributed by atoms with E-state index in [4.69, 9.17) is 0 Å². The van der Waals surface area contributed by atoms with E-state index < -0.39 is 0 Å². The molecule has 3 nitrogen and oxygen atoms in total. The Bertz CT molecular complexity index is 617. The molecule has 10 atom stereocenters. The van der Waals surface area contributed by atoms with E-state index >= 15 is 0 Å². The molecule has 0 unspecified atom stereocenters. The first-order chi connectivity index (χ1) is 13.7. The van der Waals surface area contributed by atoms with Gasteiger partial charge in [-0.1, -0.05) is 27.2 Å². The number of aliphatic hydroxyl groups excluding tert-OH is 2. The summed E-state index contributed by atoms with van der Waals surface area (Å²) in [4.78, 5) is 11.4. The van der Waals surface area contributed by atoms with Gasteiger partial charge in [0.2, 0.25) is 0 Å². The third kappa shape index (κ3) is 3.43. The number of Topliss-reactive ketones (excluding diaryl/α,β-unsaturated/α-hetero) is 1. The van der Waals surface area contributed by atoms with Crippen LogP contribution in [0.5, 0.6) is 0 Å². The lowest BCUT2D eigenvalue weighted by molar-refractivity contribution is -0.202. The van der Waals surface area contributed by atoms with Crippen molar-refractivity contribution in [3.05, 3.63) is 0 Å². The average molecular weight is 405 g/mol. The second-order valence-electron chi connectivity index (χ2n) is 11.8. The monoisotopic (exact) mass is 404 g/mol. The van der Waals surface area contributed by atoms with Gasteiger partial charge < -0.3 is 15.0 Å². The zero-order chi connectivity index (χ0) is 21.0. The highest BCUT2D eigenvalue weighted by Gasteiger charge is 2.64. The van der Waals surface area contributed by atoms with Crippen molar-refractivity contribution in [1.82, 2.24) is 0 Å². The molecular weight excluding hydrogens is 360 g/mol. The fourth-order valence-electron chi connectivity index (χ4n) is 9.14. The van der Waals surface area contributed by atoms with Crippen molar-refractivity contribution in [2.75, 3.05) is 0 Å². The first-order valence-corrected chi connectivity index (χ1v) is 12.6. The van der Waals surface area contributed by atoms with E-state index in [2.05, 4.69) is 20.8 Å². The molecule has 4 rings (SSSR count). The quantitative estimate of drug-likeness (QED) is 0.647. The van der Waals surface area contributed by atoms with Gasteiger partial charge in [0.05, 0.1) is 12.2 Å². The van der Waals surface area contributed by atoms with Crippen LogP contribution >= 0.6 is 0 Å². The predicted octanol–water partition coefficient (Wildman–Crippen LogP) is 5.37. The fourth-order valence-corrected chi connectivity index (χ4v) is 9.14. The molecule has 4 aliphatic rings. The SMILES string of the molecule is CC[C@H]1[C@@H](O)[C@@H]2[C@H](CC[C@]3(C)[C@@H](CCCC(C)=O)CC[C@@H]23)[C@@]2(C)CC[C@@H](O)C[C@@H]12. The Morgan fingerprint density at radius 3 is 2.34 bits per heavy atom. The molecule has 166 valence electrons. The second-order valence-corrected chi connectivity index (χ2v) is 11.8. The molecule has 2 N–H and O–H groups in total. The zero-order valence-corrected chi connectivity index (χ0v) is 19.2. The lowest BCUT2D eigenvalue weighted by atomic mass is 9.41. The molecule has 29 heavy (non-hydrogen) atoms. The molecule has 0 aromatic heterocycles. The maximum absolute atomic E-state index is 11.7. The molecular formula is C26H44O3. The number of aliphatic hydroxyl groups is 2. The minimum Gasteiger partial charge on any atom is -0.393 e. The summed E-state index contributed by atoms with van der Waals surface area (Å²) >= 11 is 0. The first kappa shape index (κ1) is 21.8. The highest BCUT2D eigenvalue weighted by atomic mass is 16.3. The first-order valence-electron chi connectivity index (χ1n) is 12.6. The summed E-state index contributed by atoms with van der Waals surface area (Å²) in [6, 6.07) is 0. The molecule has 4 aliphatic carbocycles. The van der Waals surface area contributed by atoms with E-state index in [1.54, 1.807) is 6.92 Å². The number of hydrogen-bond donors (Lipinski definition) is 2. The van der Waals surface area contributed by atoms with Crippen LogP contribution in [0.1, 0.15) is 98.3 Å². The van der Waals surface area contributed by atoms with Gasteiger partial charge >= 0.3 is 0 Å². The van der Waals surface area contributed by atoms with Gasteiger partial charge in [-0.25, -0.2) is 0 Å². The molecule has 0 aliphatic heterocycles. The topological polar surface area (TPSA) is 57.5 Å². The van der Waals surface area contributed by atoms with Crippen molar-refractivity contribution in [2.45, 2.75) is 111 Å². The summed E-state index contributed by atoms with van der Waals surface area (Å²) in [7, 11) is 0. The Hall–Kier alpha value is -0.410. The molecule has 0 amide bonds. The molecule has 0 aromatic carbocycles. The molecule has 0 saturated heterocycles. The van der Waals surface area contributed by atoms with Crippen LogP contribution in [0.3, 0.4) is 0 Å². The standard InChI is InChI=1S/C26H44O3/c1-5-19-22-15-18(28)11-13-26(22,4)21-12-14-25(3)17(8-6-7-16(2)27)9-10-20(25)23(21)24(19)29/h17-24,28-29H,5-15H2,1-4H3/t17-,18+,19+,20-,21-,22-,23-,24+,25+,26+/m0/s1. The third-order valence-corrected chi connectivity index (χ3v) is 10.7. The van der Waals surface area contributed by atoms with Crippen LogP contribution in [0.4, 0.5) is 0 Å². The van der Waals surface area contributed by atoms with Gasteiger partial charge in [0.1, 0.15) is 5.78 Å². The van der Waals surface area contributed by atoms with Gasteiger partial charge in [0.25, 0.3) is 0 Å². The van der Waals surface area contributed by atoms with Gasteiger partial charge in [-0.3, -0.25) is 0 Å². The van der Waals surface area contributed by atoms with Gasteiger partial charge in [0.15, 0.2) is 0 Å². The summed E-state index contributed by atoms with van der Waals surface area (Å²) < 4.78 is 0. The van der Waals surface area contributed by atoms with Gasteiger partial charge in [-0.05, 0) is 111 Å². The Morgan fingerprint density at radius 1 is 0.966 bits per heavy atom. The summed E-state index contributed by atoms with van der Waals surface area (Å²) in [5.74, 6) is 3.55. The van der Waals surface area contributed by atoms with E-state index in [1.165, 1.54) is 32.1 Å². The zero-order valence-electron chi connectivity index (χ0n) is 19.2. The number of fused-ring (bicyclic) bond motifs is 5. The lowest BCUT2D eigenvalue weighted by Crippen LogP contribution is -2.62. The normalized spacial score (nSPS) is 51.8. The maximum Gasteiger partial charge on any atom is 0.129 e. The van der Waals surface area contributed by atoms with Gasteiger partial charge in [-0.2, -0.15) is 0 Å². The smallest absolute Gasteiger partial charge is 0.129 e. The van der Waals surface area contributed by atoms with Gasteiger partial charge in [0, 0.05) is 6.42 Å². The number of carbonyl (C=O) groups is 1. The molecule has 0 heterocycles. The highest BCUT2D eigenvalue weighted by molar-refractivity contribution is 5.75. The highest BCUT2D eigenvalue weighted by Crippen LogP contribution is 2.69. The number of carbonyl (C=O) groups excluding carboxylic acids is 1. The molecule has 0 aromatic rings. The summed E-state index contributed by atoms with van der Waals surface area (Å²) in [6.07, 6.45) is 11.7. The fraction of sp³-hybridized carbons (Fsp3) is 0.962. The molecule has 4 fully saturated rings. The molecule has 0 radical (unpaired) electrons. The molecule has 0 bridgehead atoms. The third-order valence-electron chi connectivity index (χ3n) is 10.7. The average Bonchev–Trinajstić information content (AvgIpc) is 3.00.